The van der Waals surface area contributed by atoms with Gasteiger partial charge in [-0.15, -0.1) is 0 Å². The van der Waals surface area contributed by atoms with Crippen molar-refractivity contribution in [3.63, 3.8) is 0 Å². The Morgan fingerprint density at radius 2 is 2.44 bits per heavy atom. The molecule has 0 aromatic carbocycles. The van der Waals surface area contributed by atoms with Crippen molar-refractivity contribution in [2.75, 3.05) is 31.6 Å². The first kappa shape index (κ1) is 13.8. The molecule has 0 radical (unpaired) electrons. The van der Waals surface area contributed by atoms with E-state index in [4.69, 9.17) is 4.98 Å². The molecule has 0 spiro atoms. The van der Waals surface area contributed by atoms with E-state index in [0.717, 1.165) is 43.3 Å². The lowest BCUT2D eigenvalue weighted by Gasteiger charge is -2.30. The van der Waals surface area contributed by atoms with Gasteiger partial charge in [0.1, 0.15) is 5.82 Å². The molecule has 1 aliphatic rings. The van der Waals surface area contributed by atoms with Gasteiger partial charge in [0.25, 0.3) is 0 Å². The van der Waals surface area contributed by atoms with Gasteiger partial charge in [0, 0.05) is 30.8 Å². The summed E-state index contributed by atoms with van der Waals surface area (Å²) in [6.45, 7) is 5.18. The molecule has 1 atom stereocenters. The van der Waals surface area contributed by atoms with E-state index in [2.05, 4.69) is 29.2 Å². The standard InChI is InChI=1S/C13H22N4S/c1-3-5-14-9-11-4-6-15-13(16-11)12-10-18-8-7-17(12)2/h4,6,12,14H,3,5,7-10H2,1-2H3. The van der Waals surface area contributed by atoms with Crippen molar-refractivity contribution in [3.8, 4) is 0 Å². The van der Waals surface area contributed by atoms with E-state index in [1.807, 2.05) is 24.0 Å². The Kier molecular flexibility index (Phi) is 5.41. The minimum Gasteiger partial charge on any atom is -0.311 e. The first-order chi connectivity index (χ1) is 8.81. The highest BCUT2D eigenvalue weighted by Crippen LogP contribution is 2.25. The highest BCUT2D eigenvalue weighted by Gasteiger charge is 2.23. The molecule has 4 nitrogen and oxygen atoms in total. The van der Waals surface area contributed by atoms with E-state index in [-0.39, 0.29) is 0 Å². The Morgan fingerprint density at radius 1 is 1.56 bits per heavy atom. The van der Waals surface area contributed by atoms with Gasteiger partial charge in [-0.25, -0.2) is 9.97 Å². The number of rotatable bonds is 5. The predicted molar refractivity (Wildman–Crippen MR) is 76.7 cm³/mol. The van der Waals surface area contributed by atoms with Crippen molar-refractivity contribution < 1.29 is 0 Å². The molecule has 2 rings (SSSR count). The number of aromatic nitrogens is 2. The molecule has 1 N–H and O–H groups in total. The second-order valence-corrected chi connectivity index (χ2v) is 5.80. The molecule has 1 aliphatic heterocycles. The van der Waals surface area contributed by atoms with Crippen molar-refractivity contribution in [3.05, 3.63) is 23.8 Å². The van der Waals surface area contributed by atoms with Crippen LogP contribution in [0.1, 0.15) is 30.9 Å². The molecule has 0 aliphatic carbocycles. The Labute approximate surface area is 114 Å². The fourth-order valence-corrected chi connectivity index (χ4v) is 3.23. The SMILES string of the molecule is CCCNCc1ccnc(C2CSCCN2C)n1. The second-order valence-electron chi connectivity index (χ2n) is 4.65. The molecule has 100 valence electrons. The first-order valence-electron chi connectivity index (χ1n) is 6.61. The number of nitrogens with one attached hydrogen (secondary N) is 1. The average molecular weight is 266 g/mol. The maximum atomic E-state index is 4.69. The zero-order valence-corrected chi connectivity index (χ0v) is 12.0. The highest BCUT2D eigenvalue weighted by molar-refractivity contribution is 7.99. The average Bonchev–Trinajstić information content (AvgIpc) is 2.40. The summed E-state index contributed by atoms with van der Waals surface area (Å²) in [7, 11) is 2.16. The van der Waals surface area contributed by atoms with Gasteiger partial charge in [-0.2, -0.15) is 11.8 Å². The second kappa shape index (κ2) is 7.07. The monoisotopic (exact) mass is 266 g/mol. The summed E-state index contributed by atoms with van der Waals surface area (Å²) in [5, 5.41) is 3.38. The zero-order chi connectivity index (χ0) is 12.8. The lowest BCUT2D eigenvalue weighted by molar-refractivity contribution is 0.264. The lowest BCUT2D eigenvalue weighted by atomic mass is 10.2. The van der Waals surface area contributed by atoms with Crippen LogP contribution in [0.4, 0.5) is 0 Å². The fraction of sp³-hybridized carbons (Fsp3) is 0.692. The first-order valence-corrected chi connectivity index (χ1v) is 7.77. The quantitative estimate of drug-likeness (QED) is 0.822. The van der Waals surface area contributed by atoms with Crippen molar-refractivity contribution in [1.82, 2.24) is 20.2 Å². The topological polar surface area (TPSA) is 41.1 Å². The van der Waals surface area contributed by atoms with E-state index in [1.54, 1.807) is 0 Å². The van der Waals surface area contributed by atoms with Gasteiger partial charge >= 0.3 is 0 Å². The smallest absolute Gasteiger partial charge is 0.146 e. The fourth-order valence-electron chi connectivity index (χ4n) is 2.02. The Morgan fingerprint density at radius 3 is 3.22 bits per heavy atom. The summed E-state index contributed by atoms with van der Waals surface area (Å²) in [5.41, 5.74) is 1.09. The third kappa shape index (κ3) is 3.67. The van der Waals surface area contributed by atoms with E-state index in [9.17, 15) is 0 Å². The van der Waals surface area contributed by atoms with Crippen molar-refractivity contribution in [2.24, 2.45) is 0 Å². The minimum atomic E-state index is 0.370. The van der Waals surface area contributed by atoms with Crippen LogP contribution in [-0.4, -0.2) is 46.5 Å². The van der Waals surface area contributed by atoms with Crippen molar-refractivity contribution >= 4 is 11.8 Å². The minimum absolute atomic E-state index is 0.370. The van der Waals surface area contributed by atoms with Crippen LogP contribution < -0.4 is 5.32 Å². The number of thioether (sulfide) groups is 1. The van der Waals surface area contributed by atoms with E-state index in [0.29, 0.717) is 6.04 Å². The van der Waals surface area contributed by atoms with Crippen LogP contribution in [0, 0.1) is 0 Å². The predicted octanol–water partition coefficient (Wildman–Crippen LogP) is 1.70. The molecule has 0 bridgehead atoms. The maximum Gasteiger partial charge on any atom is 0.146 e. The summed E-state index contributed by atoms with van der Waals surface area (Å²) >= 11 is 1.99. The van der Waals surface area contributed by atoms with Crippen LogP contribution in [0.5, 0.6) is 0 Å². The normalized spacial score (nSPS) is 21.1. The molecule has 1 unspecified atom stereocenters. The van der Waals surface area contributed by atoms with Crippen LogP contribution in [0.3, 0.4) is 0 Å². The van der Waals surface area contributed by atoms with E-state index < -0.39 is 0 Å². The van der Waals surface area contributed by atoms with Gasteiger partial charge in [-0.1, -0.05) is 6.92 Å². The van der Waals surface area contributed by atoms with Gasteiger partial charge in [0.15, 0.2) is 0 Å². The van der Waals surface area contributed by atoms with Crippen LogP contribution in [0.15, 0.2) is 12.3 Å². The summed E-state index contributed by atoms with van der Waals surface area (Å²) in [5.74, 6) is 3.29. The van der Waals surface area contributed by atoms with Gasteiger partial charge in [-0.05, 0) is 26.1 Å². The van der Waals surface area contributed by atoms with Crippen LogP contribution in [-0.2, 0) is 6.54 Å². The largest absolute Gasteiger partial charge is 0.311 e. The molecule has 2 heterocycles. The van der Waals surface area contributed by atoms with Gasteiger partial charge in [-0.3, -0.25) is 4.90 Å². The number of nitrogens with zero attached hydrogens (tertiary/aromatic N) is 3. The summed E-state index contributed by atoms with van der Waals surface area (Å²) < 4.78 is 0. The molecule has 0 saturated carbocycles. The molecule has 1 saturated heterocycles. The molecular formula is C13H22N4S. The van der Waals surface area contributed by atoms with Crippen LogP contribution in [0.25, 0.3) is 0 Å². The zero-order valence-electron chi connectivity index (χ0n) is 11.2. The summed E-state index contributed by atoms with van der Waals surface area (Å²) in [4.78, 5) is 11.5. The van der Waals surface area contributed by atoms with Gasteiger partial charge in [0.2, 0.25) is 0 Å². The summed E-state index contributed by atoms with van der Waals surface area (Å²) in [6, 6.07) is 2.37. The van der Waals surface area contributed by atoms with Crippen LogP contribution >= 0.6 is 11.8 Å². The number of hydrogen-bond acceptors (Lipinski definition) is 5. The van der Waals surface area contributed by atoms with Gasteiger partial charge in [0.05, 0.1) is 11.7 Å². The Balaban J connectivity index is 2.01. The lowest BCUT2D eigenvalue weighted by Crippen LogP contribution is -2.34. The third-order valence-electron chi connectivity index (χ3n) is 3.16. The maximum absolute atomic E-state index is 4.69. The number of hydrogen-bond donors (Lipinski definition) is 1. The summed E-state index contributed by atoms with van der Waals surface area (Å²) in [6.07, 6.45) is 3.04. The van der Waals surface area contributed by atoms with Crippen molar-refractivity contribution in [1.29, 1.82) is 0 Å². The molecule has 1 aromatic heterocycles. The molecule has 18 heavy (non-hydrogen) atoms. The van der Waals surface area contributed by atoms with E-state index >= 15 is 0 Å². The Bertz CT molecular complexity index is 372. The van der Waals surface area contributed by atoms with Crippen LogP contribution in [0.2, 0.25) is 0 Å². The molecule has 1 fully saturated rings. The van der Waals surface area contributed by atoms with Crippen molar-refractivity contribution in [2.45, 2.75) is 25.9 Å². The highest BCUT2D eigenvalue weighted by atomic mass is 32.2. The van der Waals surface area contributed by atoms with E-state index in [1.165, 1.54) is 5.75 Å². The van der Waals surface area contributed by atoms with Gasteiger partial charge < -0.3 is 5.32 Å². The third-order valence-corrected chi connectivity index (χ3v) is 4.18. The molecular weight excluding hydrogens is 244 g/mol. The Hall–Kier alpha value is -0.650. The molecule has 5 heteroatoms. The molecule has 0 amide bonds. The molecule has 1 aromatic rings.